The zero-order chi connectivity index (χ0) is 17.6. The number of aryl methyl sites for hydroxylation is 2. The molecule has 25 heavy (non-hydrogen) atoms. The first kappa shape index (κ1) is 15.8. The van der Waals surface area contributed by atoms with Crippen LogP contribution >= 0.6 is 0 Å². The maximum Gasteiger partial charge on any atom is 0.252 e. The Morgan fingerprint density at radius 1 is 1.28 bits per heavy atom. The number of carbonyl (C=O) groups excluding carboxylic acids is 1. The fraction of sp³-hybridized carbons (Fsp3) is 0.350. The van der Waals surface area contributed by atoms with Crippen molar-refractivity contribution in [3.8, 4) is 0 Å². The maximum atomic E-state index is 13.0. The summed E-state index contributed by atoms with van der Waals surface area (Å²) in [6.07, 6.45) is 2.30. The van der Waals surface area contributed by atoms with Crippen molar-refractivity contribution in [3.63, 3.8) is 0 Å². The van der Waals surface area contributed by atoms with E-state index in [2.05, 4.69) is 10.4 Å². The molecule has 1 saturated carbocycles. The van der Waals surface area contributed by atoms with Gasteiger partial charge >= 0.3 is 0 Å². The van der Waals surface area contributed by atoms with E-state index in [1.165, 1.54) is 0 Å². The number of rotatable bonds is 4. The number of aromatic nitrogens is 3. The Morgan fingerprint density at radius 3 is 2.68 bits per heavy atom. The molecule has 1 atom stereocenters. The molecule has 1 aliphatic rings. The van der Waals surface area contributed by atoms with E-state index in [4.69, 9.17) is 4.98 Å². The molecule has 128 valence electrons. The molecule has 5 heteroatoms. The molecule has 0 bridgehead atoms. The van der Waals surface area contributed by atoms with Gasteiger partial charge < -0.3 is 5.32 Å². The van der Waals surface area contributed by atoms with Crippen molar-refractivity contribution in [1.82, 2.24) is 20.1 Å². The van der Waals surface area contributed by atoms with Crippen molar-refractivity contribution in [2.75, 3.05) is 0 Å². The average Bonchev–Trinajstić information content (AvgIpc) is 3.42. The number of hydrogen-bond donors (Lipinski definition) is 1. The largest absolute Gasteiger partial charge is 0.345 e. The fourth-order valence-electron chi connectivity index (χ4n) is 3.33. The lowest BCUT2D eigenvalue weighted by Crippen LogP contribution is -2.27. The van der Waals surface area contributed by atoms with E-state index in [9.17, 15) is 4.79 Å². The first-order chi connectivity index (χ1) is 12.0. The second-order valence-electron chi connectivity index (χ2n) is 6.88. The van der Waals surface area contributed by atoms with Crippen LogP contribution in [0.5, 0.6) is 0 Å². The molecular weight excluding hydrogens is 312 g/mol. The van der Waals surface area contributed by atoms with Crippen molar-refractivity contribution >= 4 is 16.9 Å². The second kappa shape index (κ2) is 5.99. The number of carbonyl (C=O) groups is 1. The Balaban J connectivity index is 1.73. The van der Waals surface area contributed by atoms with Gasteiger partial charge in [-0.15, -0.1) is 0 Å². The van der Waals surface area contributed by atoms with Gasteiger partial charge in [0, 0.05) is 18.7 Å². The third kappa shape index (κ3) is 2.90. The van der Waals surface area contributed by atoms with Crippen LogP contribution in [0.1, 0.15) is 59.0 Å². The van der Waals surface area contributed by atoms with E-state index in [0.717, 1.165) is 40.8 Å². The predicted octanol–water partition coefficient (Wildman–Crippen LogP) is 3.65. The van der Waals surface area contributed by atoms with Crippen molar-refractivity contribution in [2.24, 2.45) is 7.05 Å². The van der Waals surface area contributed by atoms with E-state index in [1.54, 1.807) is 4.68 Å². The molecule has 1 N–H and O–H groups in total. The fourth-order valence-corrected chi connectivity index (χ4v) is 3.33. The Morgan fingerprint density at radius 2 is 2.00 bits per heavy atom. The first-order valence-corrected chi connectivity index (χ1v) is 8.74. The van der Waals surface area contributed by atoms with Crippen LogP contribution in [0.2, 0.25) is 0 Å². The van der Waals surface area contributed by atoms with Crippen molar-refractivity contribution in [1.29, 1.82) is 0 Å². The summed E-state index contributed by atoms with van der Waals surface area (Å²) in [5.74, 6) is 0.416. The summed E-state index contributed by atoms with van der Waals surface area (Å²) in [5, 5.41) is 8.44. The molecule has 5 nitrogen and oxygen atoms in total. The van der Waals surface area contributed by atoms with Crippen LogP contribution in [0, 0.1) is 6.92 Å². The normalized spacial score (nSPS) is 15.3. The minimum atomic E-state index is -0.0678. The zero-order valence-electron chi connectivity index (χ0n) is 14.8. The van der Waals surface area contributed by atoms with Gasteiger partial charge in [0.25, 0.3) is 5.91 Å². The van der Waals surface area contributed by atoms with Crippen molar-refractivity contribution < 1.29 is 4.79 Å². The molecule has 1 amide bonds. The monoisotopic (exact) mass is 334 g/mol. The average molecular weight is 334 g/mol. The minimum absolute atomic E-state index is 0.0572. The number of pyridine rings is 1. The van der Waals surface area contributed by atoms with E-state index in [0.29, 0.717) is 11.5 Å². The summed E-state index contributed by atoms with van der Waals surface area (Å²) in [5.41, 5.74) is 4.41. The standard InChI is InChI=1S/C20H22N4O/c1-12(14-7-5-4-6-8-14)21-20(25)16-11-17(15-9-10-15)22-19-18(16)13(2)23-24(19)3/h4-8,11-12,15H,9-10H2,1-3H3,(H,21,25)/t12-/m0/s1. The summed E-state index contributed by atoms with van der Waals surface area (Å²) >= 11 is 0. The van der Waals surface area contributed by atoms with Crippen molar-refractivity contribution in [3.05, 3.63) is 58.9 Å². The van der Waals surface area contributed by atoms with E-state index < -0.39 is 0 Å². The summed E-state index contributed by atoms with van der Waals surface area (Å²) < 4.78 is 1.77. The SMILES string of the molecule is Cc1nn(C)c2nc(C3CC3)cc(C(=O)N[C@@H](C)c3ccccc3)c12. The molecule has 1 aromatic carbocycles. The highest BCUT2D eigenvalue weighted by Crippen LogP contribution is 2.40. The highest BCUT2D eigenvalue weighted by Gasteiger charge is 2.28. The lowest BCUT2D eigenvalue weighted by atomic mass is 10.0. The molecule has 0 radical (unpaired) electrons. The molecule has 4 rings (SSSR count). The van der Waals surface area contributed by atoms with Crippen molar-refractivity contribution in [2.45, 2.75) is 38.6 Å². The zero-order valence-corrected chi connectivity index (χ0v) is 14.8. The van der Waals surface area contributed by atoms with Crippen LogP contribution in [-0.2, 0) is 7.05 Å². The van der Waals surface area contributed by atoms with Gasteiger partial charge in [-0.1, -0.05) is 30.3 Å². The molecule has 1 fully saturated rings. The summed E-state index contributed by atoms with van der Waals surface area (Å²) in [6.45, 7) is 3.93. The Labute approximate surface area is 147 Å². The van der Waals surface area contributed by atoms with Gasteiger partial charge in [-0.3, -0.25) is 9.48 Å². The lowest BCUT2D eigenvalue weighted by molar-refractivity contribution is 0.0941. The lowest BCUT2D eigenvalue weighted by Gasteiger charge is -2.15. The van der Waals surface area contributed by atoms with E-state index in [-0.39, 0.29) is 11.9 Å². The smallest absolute Gasteiger partial charge is 0.252 e. The van der Waals surface area contributed by atoms with Crippen LogP contribution in [0.15, 0.2) is 36.4 Å². The highest BCUT2D eigenvalue weighted by molar-refractivity contribution is 6.06. The summed E-state index contributed by atoms with van der Waals surface area (Å²) in [4.78, 5) is 17.8. The minimum Gasteiger partial charge on any atom is -0.345 e. The van der Waals surface area contributed by atoms with Gasteiger partial charge in [-0.25, -0.2) is 4.98 Å². The number of hydrogen-bond acceptors (Lipinski definition) is 3. The van der Waals surface area contributed by atoms with Gasteiger partial charge in [0.15, 0.2) is 5.65 Å². The van der Waals surface area contributed by atoms with Gasteiger partial charge in [0.05, 0.1) is 22.7 Å². The summed E-state index contributed by atoms with van der Waals surface area (Å²) in [7, 11) is 1.88. The maximum absolute atomic E-state index is 13.0. The van der Waals surface area contributed by atoms with E-state index in [1.807, 2.05) is 57.3 Å². The Hall–Kier alpha value is -2.69. The number of nitrogens with zero attached hydrogens (tertiary/aromatic N) is 3. The van der Waals surface area contributed by atoms with Crippen LogP contribution in [0.3, 0.4) is 0 Å². The van der Waals surface area contributed by atoms with Crippen LogP contribution < -0.4 is 5.32 Å². The van der Waals surface area contributed by atoms with Gasteiger partial charge in [0.1, 0.15) is 0 Å². The second-order valence-corrected chi connectivity index (χ2v) is 6.88. The third-order valence-corrected chi connectivity index (χ3v) is 4.88. The molecule has 0 unspecified atom stereocenters. The first-order valence-electron chi connectivity index (χ1n) is 8.74. The van der Waals surface area contributed by atoms with Gasteiger partial charge in [-0.05, 0) is 38.3 Å². The van der Waals surface area contributed by atoms with Crippen LogP contribution in [-0.4, -0.2) is 20.7 Å². The number of benzene rings is 1. The molecule has 3 aromatic rings. The highest BCUT2D eigenvalue weighted by atomic mass is 16.1. The Kier molecular flexibility index (Phi) is 3.79. The molecule has 0 aliphatic heterocycles. The quantitative estimate of drug-likeness (QED) is 0.792. The molecule has 2 heterocycles. The molecule has 1 aliphatic carbocycles. The van der Waals surface area contributed by atoms with E-state index >= 15 is 0 Å². The topological polar surface area (TPSA) is 59.8 Å². The summed E-state index contributed by atoms with van der Waals surface area (Å²) in [6, 6.07) is 11.9. The van der Waals surface area contributed by atoms with Gasteiger partial charge in [-0.2, -0.15) is 5.10 Å². The number of nitrogens with one attached hydrogen (secondary N) is 1. The molecule has 2 aromatic heterocycles. The third-order valence-electron chi connectivity index (χ3n) is 4.88. The Bertz CT molecular complexity index is 941. The molecular formula is C20H22N4O. The predicted molar refractivity (Wildman–Crippen MR) is 97.5 cm³/mol. The number of fused-ring (bicyclic) bond motifs is 1. The molecule has 0 saturated heterocycles. The molecule has 0 spiro atoms. The number of amides is 1. The van der Waals surface area contributed by atoms with Crippen LogP contribution in [0.25, 0.3) is 11.0 Å². The van der Waals surface area contributed by atoms with Gasteiger partial charge in [0.2, 0.25) is 0 Å². The van der Waals surface area contributed by atoms with Crippen LogP contribution in [0.4, 0.5) is 0 Å².